The second kappa shape index (κ2) is 51.5. The fourth-order valence-electron chi connectivity index (χ4n) is 9.87. The van der Waals surface area contributed by atoms with E-state index in [4.69, 9.17) is 0 Å². The van der Waals surface area contributed by atoms with Crippen molar-refractivity contribution in [1.29, 1.82) is 0 Å². The Hall–Kier alpha value is 0.170. The standard InChI is InChI=1S/C57H116P/c1-5-9-12-15-18-21-24-27-30-33-36-39-42-45-48-51-55-58(54-8-4,56-52-49-46-43-40-37-34-31-28-25-22-19-16-13-10-6-2)57-53-50-47-44-41-38-35-32-29-26-23-20-17-14-11-7-3/h8H,4-7,9-57H2,1-3H3/q+1. The van der Waals surface area contributed by atoms with E-state index in [-0.39, 0.29) is 0 Å². The maximum atomic E-state index is 4.35. The average Bonchev–Trinajstić information content (AvgIpc) is 3.23. The van der Waals surface area contributed by atoms with Crippen molar-refractivity contribution in [2.75, 3.05) is 24.6 Å². The second-order valence-electron chi connectivity index (χ2n) is 19.9. The SMILES string of the molecule is C=CC[P+](CCCCCCCCCCCCCCCCCC)(CCCCCCCCCCCCCCCCCC)CCCCCCCCCCCCCCCCCC. The van der Waals surface area contributed by atoms with Crippen LogP contribution in [0.5, 0.6) is 0 Å². The summed E-state index contributed by atoms with van der Waals surface area (Å²) in [5.74, 6) is 0. The van der Waals surface area contributed by atoms with E-state index < -0.39 is 7.26 Å². The van der Waals surface area contributed by atoms with Crippen molar-refractivity contribution < 1.29 is 0 Å². The van der Waals surface area contributed by atoms with Crippen LogP contribution in [0, 0.1) is 0 Å². The molecule has 58 heavy (non-hydrogen) atoms. The van der Waals surface area contributed by atoms with E-state index in [0.29, 0.717) is 0 Å². The Morgan fingerprint density at radius 3 is 0.500 bits per heavy atom. The molecule has 0 aromatic rings. The molecular weight excluding hydrogens is 716 g/mol. The van der Waals surface area contributed by atoms with Gasteiger partial charge in [-0.15, -0.1) is 0 Å². The monoisotopic (exact) mass is 832 g/mol. The van der Waals surface area contributed by atoms with E-state index >= 15 is 0 Å². The number of allylic oxidation sites excluding steroid dienone is 1. The number of hydrogen-bond donors (Lipinski definition) is 0. The highest BCUT2D eigenvalue weighted by atomic mass is 31.2. The molecule has 348 valence electrons. The Labute approximate surface area is 372 Å². The lowest BCUT2D eigenvalue weighted by atomic mass is 10.0. The molecule has 1 heteroatoms. The minimum atomic E-state index is -0.879. The minimum absolute atomic E-state index is 0.879. The molecule has 0 unspecified atom stereocenters. The minimum Gasteiger partial charge on any atom is -0.0995 e. The normalized spacial score (nSPS) is 11.9. The largest absolute Gasteiger partial charge is 0.0995 e. The third-order valence-electron chi connectivity index (χ3n) is 14.0. The Morgan fingerprint density at radius 2 is 0.362 bits per heavy atom. The van der Waals surface area contributed by atoms with E-state index in [0.717, 1.165) is 0 Å². The summed E-state index contributed by atoms with van der Waals surface area (Å²) in [4.78, 5) is 0. The van der Waals surface area contributed by atoms with Crippen molar-refractivity contribution in [2.24, 2.45) is 0 Å². The first kappa shape index (κ1) is 58.2. The second-order valence-corrected chi connectivity index (χ2v) is 24.3. The molecule has 0 aliphatic heterocycles. The van der Waals surface area contributed by atoms with Crippen LogP contribution in [0.1, 0.15) is 329 Å². The van der Waals surface area contributed by atoms with Gasteiger partial charge in [0.25, 0.3) is 0 Å². The van der Waals surface area contributed by atoms with Crippen LogP contribution in [0.15, 0.2) is 12.7 Å². The predicted octanol–water partition coefficient (Wildman–Crippen LogP) is 22.0. The molecule has 0 saturated heterocycles. The van der Waals surface area contributed by atoms with Gasteiger partial charge in [-0.3, -0.25) is 0 Å². The van der Waals surface area contributed by atoms with Crippen molar-refractivity contribution in [1.82, 2.24) is 0 Å². The molecule has 0 heterocycles. The van der Waals surface area contributed by atoms with Crippen LogP contribution in [-0.2, 0) is 0 Å². The highest BCUT2D eigenvalue weighted by Gasteiger charge is 2.34. The van der Waals surface area contributed by atoms with E-state index in [1.54, 1.807) is 18.5 Å². The summed E-state index contributed by atoms with van der Waals surface area (Å²) in [5, 5.41) is 0. The molecule has 0 aromatic heterocycles. The van der Waals surface area contributed by atoms with Crippen LogP contribution >= 0.6 is 7.26 Å². The van der Waals surface area contributed by atoms with Gasteiger partial charge in [0.1, 0.15) is 0 Å². The molecule has 0 radical (unpaired) electrons. The maximum Gasteiger partial charge on any atom is 0.0771 e. The highest BCUT2D eigenvalue weighted by Crippen LogP contribution is 2.61. The van der Waals surface area contributed by atoms with E-state index in [2.05, 4.69) is 33.4 Å². The molecule has 0 N–H and O–H groups in total. The van der Waals surface area contributed by atoms with Crippen molar-refractivity contribution in [3.63, 3.8) is 0 Å². The molecule has 0 atom stereocenters. The molecule has 0 nitrogen and oxygen atoms in total. The highest BCUT2D eigenvalue weighted by molar-refractivity contribution is 7.76. The van der Waals surface area contributed by atoms with Gasteiger partial charge in [0, 0.05) is 7.26 Å². The van der Waals surface area contributed by atoms with Crippen molar-refractivity contribution in [3.05, 3.63) is 12.7 Å². The first-order valence-electron chi connectivity index (χ1n) is 28.2. The van der Waals surface area contributed by atoms with Gasteiger partial charge < -0.3 is 0 Å². The van der Waals surface area contributed by atoms with Gasteiger partial charge in [-0.2, -0.15) is 0 Å². The van der Waals surface area contributed by atoms with Crippen molar-refractivity contribution >= 4 is 7.26 Å². The summed E-state index contributed by atoms with van der Waals surface area (Å²) in [5.41, 5.74) is 0. The lowest BCUT2D eigenvalue weighted by Crippen LogP contribution is -2.12. The van der Waals surface area contributed by atoms with Gasteiger partial charge in [0.05, 0.1) is 24.6 Å². The lowest BCUT2D eigenvalue weighted by molar-refractivity contribution is 0.530. The third-order valence-corrected chi connectivity index (χ3v) is 18.8. The maximum absolute atomic E-state index is 4.35. The van der Waals surface area contributed by atoms with Crippen molar-refractivity contribution in [3.8, 4) is 0 Å². The van der Waals surface area contributed by atoms with E-state index in [1.165, 1.54) is 314 Å². The fraction of sp³-hybridized carbons (Fsp3) is 0.965. The first-order chi connectivity index (χ1) is 28.7. The van der Waals surface area contributed by atoms with Crippen LogP contribution in [0.2, 0.25) is 0 Å². The predicted molar refractivity (Wildman–Crippen MR) is 275 cm³/mol. The lowest BCUT2D eigenvalue weighted by Gasteiger charge is -2.27. The molecule has 0 bridgehead atoms. The van der Waals surface area contributed by atoms with Gasteiger partial charge >= 0.3 is 0 Å². The molecule has 0 spiro atoms. The van der Waals surface area contributed by atoms with Crippen LogP contribution in [0.4, 0.5) is 0 Å². The zero-order chi connectivity index (χ0) is 42.0. The Morgan fingerprint density at radius 1 is 0.224 bits per heavy atom. The summed E-state index contributed by atoms with van der Waals surface area (Å²) < 4.78 is 0. The van der Waals surface area contributed by atoms with Gasteiger partial charge in [-0.05, 0) is 38.5 Å². The molecular formula is C57H116P+. The molecule has 0 aliphatic carbocycles. The van der Waals surface area contributed by atoms with Gasteiger partial charge in [0.2, 0.25) is 0 Å². The third kappa shape index (κ3) is 45.7. The summed E-state index contributed by atoms with van der Waals surface area (Å²) in [6.45, 7) is 11.3. The van der Waals surface area contributed by atoms with Crippen LogP contribution in [0.25, 0.3) is 0 Å². The Bertz CT molecular complexity index is 638. The molecule has 0 amide bonds. The Kier molecular flexibility index (Phi) is 51.7. The smallest absolute Gasteiger partial charge is 0.0771 e. The van der Waals surface area contributed by atoms with Gasteiger partial charge in [0.15, 0.2) is 0 Å². The molecule has 0 aromatic carbocycles. The number of hydrogen-bond acceptors (Lipinski definition) is 0. The summed E-state index contributed by atoms with van der Waals surface area (Å²) in [7, 11) is -0.879. The fourth-order valence-corrected chi connectivity index (χ4v) is 14.3. The van der Waals surface area contributed by atoms with Crippen LogP contribution in [0.3, 0.4) is 0 Å². The van der Waals surface area contributed by atoms with E-state index in [9.17, 15) is 0 Å². The Balaban J connectivity index is 4.31. The molecule has 0 aliphatic rings. The zero-order valence-corrected chi connectivity index (χ0v) is 42.4. The summed E-state index contributed by atoms with van der Waals surface area (Å²) in [6, 6.07) is 0. The summed E-state index contributed by atoms with van der Waals surface area (Å²) >= 11 is 0. The molecule has 0 fully saturated rings. The average molecular weight is 833 g/mol. The number of unbranched alkanes of at least 4 members (excludes halogenated alkanes) is 45. The van der Waals surface area contributed by atoms with E-state index in [1.807, 2.05) is 0 Å². The molecule has 0 rings (SSSR count). The van der Waals surface area contributed by atoms with Gasteiger partial charge in [-0.1, -0.05) is 303 Å². The van der Waals surface area contributed by atoms with Crippen molar-refractivity contribution in [2.45, 2.75) is 329 Å². The van der Waals surface area contributed by atoms with Crippen LogP contribution < -0.4 is 0 Å². The summed E-state index contributed by atoms with van der Waals surface area (Å²) in [6.07, 6.45) is 79.4. The van der Waals surface area contributed by atoms with Crippen LogP contribution in [-0.4, -0.2) is 24.6 Å². The number of rotatable bonds is 53. The quantitative estimate of drug-likeness (QED) is 0.0325. The topological polar surface area (TPSA) is 0 Å². The van der Waals surface area contributed by atoms with Gasteiger partial charge in [-0.25, -0.2) is 0 Å². The molecule has 0 saturated carbocycles. The first-order valence-corrected chi connectivity index (χ1v) is 30.7. The zero-order valence-electron chi connectivity index (χ0n) is 41.5.